The molecular weight excluding hydrogens is 512 g/mol. The third-order valence-corrected chi connectivity index (χ3v) is 6.69. The summed E-state index contributed by atoms with van der Waals surface area (Å²) in [6.07, 6.45) is -0.917. The van der Waals surface area contributed by atoms with Gasteiger partial charge in [0.1, 0.15) is 36.8 Å². The van der Waals surface area contributed by atoms with E-state index < -0.39 is 71.2 Å². The fourth-order valence-corrected chi connectivity index (χ4v) is 4.48. The van der Waals surface area contributed by atoms with Gasteiger partial charge in [0.25, 0.3) is 10.1 Å². The Kier molecular flexibility index (Phi) is 16.4. The summed E-state index contributed by atoms with van der Waals surface area (Å²) < 4.78 is 52.8. The van der Waals surface area contributed by atoms with Crippen LogP contribution >= 0.6 is 0 Å². The van der Waals surface area contributed by atoms with Crippen LogP contribution in [0.15, 0.2) is 0 Å². The van der Waals surface area contributed by atoms with Crippen LogP contribution in [0, 0.1) is 0 Å². The Bertz CT molecular complexity index is 759. The van der Waals surface area contributed by atoms with E-state index in [2.05, 4.69) is 6.92 Å². The highest BCUT2D eigenvalue weighted by Crippen LogP contribution is 2.23. The van der Waals surface area contributed by atoms with E-state index in [0.29, 0.717) is 12.8 Å². The van der Waals surface area contributed by atoms with Gasteiger partial charge in [-0.3, -0.25) is 14.1 Å². The molecule has 1 aliphatic rings. The molecule has 1 fully saturated rings. The molecule has 0 amide bonds. The van der Waals surface area contributed by atoms with Crippen molar-refractivity contribution < 1.29 is 56.8 Å². The van der Waals surface area contributed by atoms with Crippen molar-refractivity contribution in [2.24, 2.45) is 0 Å². The normalized spacial score (nSPS) is 25.0. The summed E-state index contributed by atoms with van der Waals surface area (Å²) in [5.41, 5.74) is 0. The first-order valence-corrected chi connectivity index (χ1v) is 14.7. The largest absolute Gasteiger partial charge is 0.462 e. The average molecular weight is 557 g/mol. The van der Waals surface area contributed by atoms with Gasteiger partial charge >= 0.3 is 11.9 Å². The summed E-state index contributed by atoms with van der Waals surface area (Å²) in [5.74, 6) is -2.02. The van der Waals surface area contributed by atoms with Gasteiger partial charge in [-0.1, -0.05) is 58.8 Å². The summed E-state index contributed by atoms with van der Waals surface area (Å²) >= 11 is 0. The zero-order chi connectivity index (χ0) is 27.8. The molecule has 13 heteroatoms. The zero-order valence-corrected chi connectivity index (χ0v) is 22.6. The molecule has 0 unspecified atom stereocenters. The lowest BCUT2D eigenvalue weighted by molar-refractivity contribution is -0.297. The van der Waals surface area contributed by atoms with Crippen LogP contribution < -0.4 is 0 Å². The topological polar surface area (TPSA) is 186 Å². The number of hydrogen-bond acceptors (Lipinski definition) is 11. The Hall–Kier alpha value is -1.35. The van der Waals surface area contributed by atoms with E-state index in [-0.39, 0.29) is 19.4 Å². The third-order valence-electron chi connectivity index (χ3n) is 5.94. The maximum Gasteiger partial charge on any atom is 0.306 e. The van der Waals surface area contributed by atoms with Crippen molar-refractivity contribution in [3.8, 4) is 0 Å². The fraction of sp³-hybridized carbons (Fsp3) is 0.917. The fourth-order valence-electron chi connectivity index (χ4n) is 3.79. The van der Waals surface area contributed by atoms with Crippen molar-refractivity contribution in [1.29, 1.82) is 0 Å². The second-order valence-corrected chi connectivity index (χ2v) is 10.9. The minimum absolute atomic E-state index is 0.164. The first-order valence-electron chi connectivity index (χ1n) is 13.1. The molecule has 4 N–H and O–H groups in total. The first-order chi connectivity index (χ1) is 17.5. The molecule has 0 bridgehead atoms. The molecule has 0 saturated carbocycles. The van der Waals surface area contributed by atoms with Crippen molar-refractivity contribution in [2.45, 2.75) is 121 Å². The molecule has 0 aromatic carbocycles. The number of unbranched alkanes of at least 4 members (excludes halogenated alkanes) is 7. The second-order valence-electron chi connectivity index (χ2n) is 9.37. The summed E-state index contributed by atoms with van der Waals surface area (Å²) in [6.45, 7) is 3.40. The van der Waals surface area contributed by atoms with Crippen molar-refractivity contribution >= 4 is 22.1 Å². The van der Waals surface area contributed by atoms with Gasteiger partial charge in [0.15, 0.2) is 12.4 Å². The van der Waals surface area contributed by atoms with E-state index in [0.717, 1.165) is 44.9 Å². The maximum atomic E-state index is 12.4. The number of carbonyl (C=O) groups is 2. The highest BCUT2D eigenvalue weighted by Gasteiger charge is 2.46. The summed E-state index contributed by atoms with van der Waals surface area (Å²) in [6, 6.07) is 0. The van der Waals surface area contributed by atoms with E-state index in [9.17, 15) is 33.3 Å². The lowest BCUT2D eigenvalue weighted by Crippen LogP contribution is -2.60. The maximum absolute atomic E-state index is 12.4. The standard InChI is InChI=1S/C24H44O12S/c1-3-5-7-8-9-11-13-20(26)35-17(14-33-19(25)12-10-6-4-2)15-34-24-23(29)22(28)21(27)18(36-24)16-37(30,31)32/h17-18,21-24,27-29H,3-16H2,1-2H3,(H,30,31,32)/t17-,18-,21-,22+,23-,24-/m1/s1. The van der Waals surface area contributed by atoms with Crippen LogP contribution in [-0.2, 0) is 38.7 Å². The van der Waals surface area contributed by atoms with Crippen LogP contribution in [0.3, 0.4) is 0 Å². The van der Waals surface area contributed by atoms with Crippen molar-refractivity contribution in [1.82, 2.24) is 0 Å². The van der Waals surface area contributed by atoms with Crippen LogP contribution in [0.2, 0.25) is 0 Å². The molecule has 12 nitrogen and oxygen atoms in total. The van der Waals surface area contributed by atoms with Gasteiger partial charge in [-0.15, -0.1) is 0 Å². The number of aliphatic hydroxyl groups is 3. The Balaban J connectivity index is 2.71. The molecule has 1 saturated heterocycles. The lowest BCUT2D eigenvalue weighted by atomic mass is 10.00. The molecule has 1 rings (SSSR count). The number of rotatable bonds is 19. The summed E-state index contributed by atoms with van der Waals surface area (Å²) in [5, 5.41) is 30.2. The molecule has 0 aromatic heterocycles. The Morgan fingerprint density at radius 3 is 2.03 bits per heavy atom. The molecule has 6 atom stereocenters. The van der Waals surface area contributed by atoms with Gasteiger partial charge in [-0.25, -0.2) is 0 Å². The van der Waals surface area contributed by atoms with E-state index in [1.54, 1.807) is 0 Å². The molecule has 1 aliphatic heterocycles. The van der Waals surface area contributed by atoms with Gasteiger partial charge in [0.05, 0.1) is 6.61 Å². The summed E-state index contributed by atoms with van der Waals surface area (Å²) in [7, 11) is -4.57. The van der Waals surface area contributed by atoms with E-state index in [1.165, 1.54) is 0 Å². The molecule has 0 aromatic rings. The quantitative estimate of drug-likeness (QED) is 0.102. The Labute approximate surface area is 219 Å². The highest BCUT2D eigenvalue weighted by atomic mass is 32.2. The number of carbonyl (C=O) groups excluding carboxylic acids is 2. The molecular formula is C24H44O12S. The molecule has 218 valence electrons. The predicted octanol–water partition coefficient (Wildman–Crippen LogP) is 1.48. The molecule has 37 heavy (non-hydrogen) atoms. The monoisotopic (exact) mass is 556 g/mol. The average Bonchev–Trinajstić information content (AvgIpc) is 2.83. The van der Waals surface area contributed by atoms with Gasteiger partial charge in [0.2, 0.25) is 0 Å². The van der Waals surface area contributed by atoms with Crippen LogP contribution in [0.1, 0.15) is 84.5 Å². The minimum atomic E-state index is -4.57. The molecule has 0 spiro atoms. The first kappa shape index (κ1) is 33.7. The predicted molar refractivity (Wildman–Crippen MR) is 132 cm³/mol. The van der Waals surface area contributed by atoms with Crippen LogP contribution in [-0.4, -0.2) is 96.0 Å². The molecule has 0 aliphatic carbocycles. The van der Waals surface area contributed by atoms with Gasteiger partial charge < -0.3 is 34.3 Å². The number of hydrogen-bond donors (Lipinski definition) is 4. The summed E-state index contributed by atoms with van der Waals surface area (Å²) in [4.78, 5) is 24.4. The number of aliphatic hydroxyl groups excluding tert-OH is 3. The van der Waals surface area contributed by atoms with Crippen molar-refractivity contribution in [3.63, 3.8) is 0 Å². The Morgan fingerprint density at radius 2 is 1.38 bits per heavy atom. The van der Waals surface area contributed by atoms with Crippen molar-refractivity contribution in [3.05, 3.63) is 0 Å². The van der Waals surface area contributed by atoms with Gasteiger partial charge in [-0.2, -0.15) is 8.42 Å². The van der Waals surface area contributed by atoms with Crippen molar-refractivity contribution in [2.75, 3.05) is 19.0 Å². The zero-order valence-electron chi connectivity index (χ0n) is 21.8. The van der Waals surface area contributed by atoms with Gasteiger partial charge in [0, 0.05) is 12.8 Å². The van der Waals surface area contributed by atoms with Gasteiger partial charge in [-0.05, 0) is 12.8 Å². The smallest absolute Gasteiger partial charge is 0.306 e. The third kappa shape index (κ3) is 14.4. The SMILES string of the molecule is CCCCCCCCC(=O)O[C@H](COC(=O)CCCCC)CO[C@@H]1O[C@H](CS(=O)(=O)O)[C@@H](O)[C@H](O)[C@H]1O. The second kappa shape index (κ2) is 18.0. The van der Waals surface area contributed by atoms with Crippen LogP contribution in [0.5, 0.6) is 0 Å². The van der Waals surface area contributed by atoms with E-state index in [1.807, 2.05) is 6.92 Å². The molecule has 0 radical (unpaired) electrons. The number of ether oxygens (including phenoxy) is 4. The van der Waals surface area contributed by atoms with E-state index >= 15 is 0 Å². The minimum Gasteiger partial charge on any atom is -0.462 e. The van der Waals surface area contributed by atoms with Crippen LogP contribution in [0.25, 0.3) is 0 Å². The van der Waals surface area contributed by atoms with Crippen LogP contribution in [0.4, 0.5) is 0 Å². The number of esters is 2. The molecule has 1 heterocycles. The van der Waals surface area contributed by atoms with E-state index in [4.69, 9.17) is 23.5 Å². The highest BCUT2D eigenvalue weighted by molar-refractivity contribution is 7.85. The Morgan fingerprint density at radius 1 is 0.811 bits per heavy atom. The lowest BCUT2D eigenvalue weighted by Gasteiger charge is -2.40.